The Labute approximate surface area is 332 Å². The molecule has 0 aliphatic carbocycles. The van der Waals surface area contributed by atoms with Crippen LogP contribution >= 0.6 is 0 Å². The van der Waals surface area contributed by atoms with Crippen LogP contribution in [0.2, 0.25) is 0 Å². The molecule has 342 valence electrons. The van der Waals surface area contributed by atoms with Gasteiger partial charge in [-0.1, -0.05) is 6.92 Å². The number of rotatable bonds is 37. The van der Waals surface area contributed by atoms with E-state index in [-0.39, 0.29) is 19.8 Å². The van der Waals surface area contributed by atoms with E-state index in [4.69, 9.17) is 42.6 Å². The molecule has 0 aromatic heterocycles. The molecule has 23 heteroatoms. The number of aliphatic hydroxyl groups excluding tert-OH is 12. The van der Waals surface area contributed by atoms with Crippen LogP contribution in [-0.4, -0.2) is 239 Å². The predicted molar refractivity (Wildman–Crippen MR) is 193 cm³/mol. The van der Waals surface area contributed by atoms with Gasteiger partial charge in [0, 0.05) is 12.8 Å². The highest BCUT2D eigenvalue weighted by molar-refractivity contribution is 5.73. The first-order valence-electron chi connectivity index (χ1n) is 18.6. The van der Waals surface area contributed by atoms with Gasteiger partial charge in [0.05, 0.1) is 104 Å². The van der Waals surface area contributed by atoms with Gasteiger partial charge in [0.2, 0.25) is 5.91 Å². The van der Waals surface area contributed by atoms with Crippen LogP contribution in [0.15, 0.2) is 0 Å². The van der Waals surface area contributed by atoms with E-state index in [0.717, 1.165) is 0 Å². The van der Waals surface area contributed by atoms with E-state index in [0.29, 0.717) is 0 Å². The first-order chi connectivity index (χ1) is 27.1. The maximum absolute atomic E-state index is 11.4. The highest BCUT2D eigenvalue weighted by atomic mass is 16.7. The predicted octanol–water partition coefficient (Wildman–Crippen LogP) is -6.13. The molecule has 0 saturated carbocycles. The zero-order valence-corrected chi connectivity index (χ0v) is 33.3. The molecule has 0 spiro atoms. The van der Waals surface area contributed by atoms with E-state index in [9.17, 15) is 66.1 Å². The average molecular weight is 844 g/mol. The summed E-state index contributed by atoms with van der Waals surface area (Å²) in [5.41, 5.74) is 0. The van der Waals surface area contributed by atoms with Crippen LogP contribution in [0, 0.1) is 5.92 Å². The maximum Gasteiger partial charge on any atom is 0.217 e. The second-order valence-electron chi connectivity index (χ2n) is 13.2. The van der Waals surface area contributed by atoms with Crippen molar-refractivity contribution in [3.05, 3.63) is 0 Å². The van der Waals surface area contributed by atoms with Gasteiger partial charge in [-0.15, -0.1) is 0 Å². The monoisotopic (exact) mass is 843 g/mol. The maximum atomic E-state index is 11.4. The number of hydrogen-bond acceptors (Lipinski definition) is 22. The van der Waals surface area contributed by atoms with Crippen molar-refractivity contribution in [3.63, 3.8) is 0 Å². The Bertz CT molecular complexity index is 968. The summed E-state index contributed by atoms with van der Waals surface area (Å²) in [7, 11) is 0. The van der Waals surface area contributed by atoms with Gasteiger partial charge in [0.25, 0.3) is 0 Å². The van der Waals surface area contributed by atoms with Crippen molar-refractivity contribution in [2.24, 2.45) is 5.92 Å². The largest absolute Gasteiger partial charge is 0.396 e. The minimum absolute atomic E-state index is 0.175. The highest BCUT2D eigenvalue weighted by Gasteiger charge is 2.37. The third-order valence-electron chi connectivity index (χ3n) is 8.12. The molecule has 23 nitrogen and oxygen atoms in total. The first kappa shape index (κ1) is 55.6. The van der Waals surface area contributed by atoms with Gasteiger partial charge in [0.1, 0.15) is 49.5 Å². The summed E-state index contributed by atoms with van der Waals surface area (Å²) < 4.78 is 50.5. The van der Waals surface area contributed by atoms with Crippen molar-refractivity contribution in [1.29, 1.82) is 0 Å². The number of carbonyl (C=O) groups is 1. The van der Waals surface area contributed by atoms with Gasteiger partial charge in [0.15, 0.2) is 18.9 Å². The third-order valence-corrected chi connectivity index (χ3v) is 8.12. The standard InChI is InChI=1S/C34H69NO22/c1-19(8-37)32(50-7-6-36)51-16-28(48)34(56-30(20(2)44)17-52-33(27(47)13-42)55-24(9-38)10-39)57-31(21(3)45)29(14-43)53-18-49-15-25(11-40)54-22(4)26(12-41)35-23(5)46/h19-22,24-34,36-45,47-48H,6-18H2,1-5H3,(H,35,46)/t19?,20-,21?,22-,25?,26?,27?,28?,29?,30?,31-,32+,33-,34-/m0/s1. The molecule has 13 N–H and O–H groups in total. The Morgan fingerprint density at radius 1 is 0.561 bits per heavy atom. The van der Waals surface area contributed by atoms with E-state index in [1.807, 2.05) is 0 Å². The second-order valence-corrected chi connectivity index (χ2v) is 13.2. The van der Waals surface area contributed by atoms with Gasteiger partial charge in [-0.2, -0.15) is 0 Å². The number of hydrogen-bond donors (Lipinski definition) is 13. The highest BCUT2D eigenvalue weighted by Crippen LogP contribution is 2.20. The van der Waals surface area contributed by atoms with E-state index in [1.54, 1.807) is 13.8 Å². The fraction of sp³-hybridized carbons (Fsp3) is 0.971. The molecule has 1 amide bonds. The van der Waals surface area contributed by atoms with Crippen LogP contribution in [0.25, 0.3) is 0 Å². The Hall–Kier alpha value is -1.37. The zero-order chi connectivity index (χ0) is 43.5. The summed E-state index contributed by atoms with van der Waals surface area (Å²) in [5, 5.41) is 122. The molecule has 0 bridgehead atoms. The molecule has 0 radical (unpaired) electrons. The van der Waals surface area contributed by atoms with Crippen LogP contribution in [-0.2, 0) is 47.4 Å². The number of nitrogens with one attached hydrogen (secondary N) is 1. The fourth-order valence-electron chi connectivity index (χ4n) is 4.77. The van der Waals surface area contributed by atoms with Crippen LogP contribution in [0.4, 0.5) is 0 Å². The normalized spacial score (nSPS) is 19.8. The van der Waals surface area contributed by atoms with E-state index in [1.165, 1.54) is 20.8 Å². The molecular weight excluding hydrogens is 774 g/mol. The quantitative estimate of drug-likeness (QED) is 0.0204. The molecule has 0 aliphatic rings. The number of ether oxygens (including phenoxy) is 9. The topological polar surface area (TPSA) is 355 Å². The van der Waals surface area contributed by atoms with Crippen molar-refractivity contribution in [1.82, 2.24) is 5.32 Å². The van der Waals surface area contributed by atoms with Crippen LogP contribution in [0.5, 0.6) is 0 Å². The summed E-state index contributed by atoms with van der Waals surface area (Å²) in [6.45, 7) is -0.00353. The lowest BCUT2D eigenvalue weighted by Gasteiger charge is -2.36. The van der Waals surface area contributed by atoms with Crippen molar-refractivity contribution in [2.45, 2.75) is 121 Å². The summed E-state index contributed by atoms with van der Waals surface area (Å²) in [6.07, 6.45) is -18.1. The smallest absolute Gasteiger partial charge is 0.217 e. The molecule has 0 rings (SSSR count). The summed E-state index contributed by atoms with van der Waals surface area (Å²) in [6, 6.07) is -0.768. The summed E-state index contributed by atoms with van der Waals surface area (Å²) in [5.74, 6) is -1.04. The number of aliphatic hydroxyl groups is 12. The Morgan fingerprint density at radius 2 is 1.19 bits per heavy atom. The lowest BCUT2D eigenvalue weighted by atomic mass is 10.1. The minimum Gasteiger partial charge on any atom is -0.396 e. The molecule has 57 heavy (non-hydrogen) atoms. The van der Waals surface area contributed by atoms with Crippen LogP contribution in [0.1, 0.15) is 34.6 Å². The van der Waals surface area contributed by atoms with Crippen molar-refractivity contribution in [2.75, 3.05) is 86.1 Å². The van der Waals surface area contributed by atoms with E-state index in [2.05, 4.69) is 5.32 Å². The molecule has 0 aromatic rings. The molecule has 14 atom stereocenters. The molecule has 0 saturated heterocycles. The van der Waals surface area contributed by atoms with E-state index < -0.39 is 164 Å². The van der Waals surface area contributed by atoms with Crippen molar-refractivity contribution >= 4 is 5.91 Å². The lowest BCUT2D eigenvalue weighted by molar-refractivity contribution is -0.303. The van der Waals surface area contributed by atoms with Crippen molar-refractivity contribution < 1.29 is 109 Å². The van der Waals surface area contributed by atoms with Gasteiger partial charge >= 0.3 is 0 Å². The van der Waals surface area contributed by atoms with Gasteiger partial charge in [-0.05, 0) is 20.8 Å². The Kier molecular flexibility index (Phi) is 31.6. The van der Waals surface area contributed by atoms with Gasteiger partial charge in [-0.3, -0.25) is 4.79 Å². The number of carbonyl (C=O) groups excluding carboxylic acids is 1. The minimum atomic E-state index is -1.84. The molecule has 0 aliphatic heterocycles. The summed E-state index contributed by atoms with van der Waals surface area (Å²) in [4.78, 5) is 11.4. The van der Waals surface area contributed by atoms with Gasteiger partial charge < -0.3 is 109 Å². The second kappa shape index (κ2) is 32.4. The molecular formula is C34H69NO22. The zero-order valence-electron chi connectivity index (χ0n) is 33.3. The molecule has 0 fully saturated rings. The summed E-state index contributed by atoms with van der Waals surface area (Å²) >= 11 is 0. The molecule has 0 aromatic carbocycles. The van der Waals surface area contributed by atoms with E-state index >= 15 is 0 Å². The van der Waals surface area contributed by atoms with Crippen LogP contribution < -0.4 is 5.32 Å². The average Bonchev–Trinajstić information content (AvgIpc) is 3.19. The molecule has 8 unspecified atom stereocenters. The first-order valence-corrected chi connectivity index (χ1v) is 18.6. The van der Waals surface area contributed by atoms with Crippen LogP contribution in [0.3, 0.4) is 0 Å². The third kappa shape index (κ3) is 22.7. The SMILES string of the molecule is CC(=O)NC(CO)[C@H](C)OC(CO)COCOC(CO)[C@@H](O[C@H](OC(CO[C@@H](OC(CO)CO)C(O)CO)[C@H](C)O)C(O)CO[C@@H](OCCO)C(C)CO)C(C)O. The Balaban J connectivity index is 6.19. The van der Waals surface area contributed by atoms with Crippen molar-refractivity contribution in [3.8, 4) is 0 Å². The number of amides is 1. The fourth-order valence-corrected chi connectivity index (χ4v) is 4.77. The molecule has 0 heterocycles. The van der Waals surface area contributed by atoms with Gasteiger partial charge in [-0.25, -0.2) is 0 Å². The Morgan fingerprint density at radius 3 is 1.68 bits per heavy atom. The lowest BCUT2D eigenvalue weighted by Crippen LogP contribution is -2.51.